The normalized spacial score (nSPS) is 10.7. The molecule has 1 aromatic carbocycles. The summed E-state index contributed by atoms with van der Waals surface area (Å²) in [6, 6.07) is 11.8. The summed E-state index contributed by atoms with van der Waals surface area (Å²) in [6.07, 6.45) is 1.65. The predicted octanol–water partition coefficient (Wildman–Crippen LogP) is 2.02. The van der Waals surface area contributed by atoms with Gasteiger partial charge in [-0.05, 0) is 6.07 Å². The first-order valence-corrected chi connectivity index (χ1v) is 4.66. The maximum atomic E-state index is 4.35. The minimum Gasteiger partial charge on any atom is -0.336 e. The molecule has 3 aromatic rings. The number of hydrogen-bond donors (Lipinski definition) is 1. The fourth-order valence-electron chi connectivity index (χ4n) is 1.50. The Balaban J connectivity index is 2.21. The van der Waals surface area contributed by atoms with Crippen molar-refractivity contribution in [3.63, 3.8) is 0 Å². The largest absolute Gasteiger partial charge is 0.336 e. The molecule has 1 N–H and O–H groups in total. The highest BCUT2D eigenvalue weighted by molar-refractivity contribution is 5.74. The van der Waals surface area contributed by atoms with E-state index in [-0.39, 0.29) is 0 Å². The van der Waals surface area contributed by atoms with Crippen LogP contribution in [0.3, 0.4) is 0 Å². The quantitative estimate of drug-likeness (QED) is 0.647. The first-order valence-electron chi connectivity index (χ1n) is 4.66. The summed E-state index contributed by atoms with van der Waals surface area (Å²) in [7, 11) is 0. The van der Waals surface area contributed by atoms with Crippen LogP contribution in [0.15, 0.2) is 42.6 Å². The minimum atomic E-state index is 0.649. The van der Waals surface area contributed by atoms with Crippen LogP contribution in [-0.4, -0.2) is 20.2 Å². The van der Waals surface area contributed by atoms with Crippen LogP contribution in [0.2, 0.25) is 0 Å². The van der Waals surface area contributed by atoms with Gasteiger partial charge in [-0.25, -0.2) is 4.98 Å². The lowest BCUT2D eigenvalue weighted by atomic mass is 10.2. The highest BCUT2D eigenvalue weighted by atomic mass is 15.1. The van der Waals surface area contributed by atoms with Crippen molar-refractivity contribution >= 4 is 11.2 Å². The number of nitrogens with one attached hydrogen (secondary N) is 1. The van der Waals surface area contributed by atoms with Crippen LogP contribution >= 0.6 is 0 Å². The fraction of sp³-hybridized carbons (Fsp3) is 0. The molecule has 0 bridgehead atoms. The lowest BCUT2D eigenvalue weighted by Crippen LogP contribution is -1.79. The lowest BCUT2D eigenvalue weighted by molar-refractivity contribution is 1.06. The Morgan fingerprint density at radius 2 is 1.87 bits per heavy atom. The third-order valence-corrected chi connectivity index (χ3v) is 2.22. The van der Waals surface area contributed by atoms with Gasteiger partial charge in [-0.15, -0.1) is 5.10 Å². The van der Waals surface area contributed by atoms with E-state index in [0.717, 1.165) is 16.9 Å². The van der Waals surface area contributed by atoms with Crippen LogP contribution in [0.4, 0.5) is 0 Å². The minimum absolute atomic E-state index is 0.649. The van der Waals surface area contributed by atoms with Crippen LogP contribution in [0.25, 0.3) is 22.6 Å². The number of imidazole rings is 1. The molecule has 0 aliphatic heterocycles. The molecule has 0 radical (unpaired) electrons. The van der Waals surface area contributed by atoms with Gasteiger partial charge >= 0.3 is 0 Å². The SMILES string of the molecule is c1ccc(-c2nc3nnccc3[nH]2)cc1. The Morgan fingerprint density at radius 1 is 1.00 bits per heavy atom. The van der Waals surface area contributed by atoms with Gasteiger partial charge in [0, 0.05) is 5.56 Å². The summed E-state index contributed by atoms with van der Waals surface area (Å²) < 4.78 is 0. The zero-order valence-corrected chi connectivity index (χ0v) is 7.88. The molecule has 2 heterocycles. The molecular formula is C11H8N4. The van der Waals surface area contributed by atoms with Crippen molar-refractivity contribution < 1.29 is 0 Å². The number of rotatable bonds is 1. The molecule has 72 valence electrons. The summed E-state index contributed by atoms with van der Waals surface area (Å²) in [5.74, 6) is 0.825. The number of hydrogen-bond acceptors (Lipinski definition) is 3. The summed E-state index contributed by atoms with van der Waals surface area (Å²) in [5, 5.41) is 7.72. The molecule has 0 saturated carbocycles. The molecule has 0 aliphatic rings. The second-order valence-corrected chi connectivity index (χ2v) is 3.22. The van der Waals surface area contributed by atoms with E-state index in [1.54, 1.807) is 6.20 Å². The average molecular weight is 196 g/mol. The van der Waals surface area contributed by atoms with Gasteiger partial charge in [-0.3, -0.25) is 0 Å². The highest BCUT2D eigenvalue weighted by Gasteiger charge is 2.04. The number of benzene rings is 1. The van der Waals surface area contributed by atoms with Crippen LogP contribution in [0.5, 0.6) is 0 Å². The smallest absolute Gasteiger partial charge is 0.200 e. The van der Waals surface area contributed by atoms with E-state index in [2.05, 4.69) is 20.2 Å². The second kappa shape index (κ2) is 3.16. The Bertz CT molecular complexity index is 553. The first kappa shape index (κ1) is 8.11. The van der Waals surface area contributed by atoms with Crippen molar-refractivity contribution in [1.82, 2.24) is 20.2 Å². The topological polar surface area (TPSA) is 54.5 Å². The van der Waals surface area contributed by atoms with Crippen molar-refractivity contribution in [2.75, 3.05) is 0 Å². The van der Waals surface area contributed by atoms with Gasteiger partial charge in [-0.2, -0.15) is 5.10 Å². The molecule has 0 atom stereocenters. The highest BCUT2D eigenvalue weighted by Crippen LogP contribution is 2.17. The van der Waals surface area contributed by atoms with E-state index >= 15 is 0 Å². The molecule has 4 nitrogen and oxygen atoms in total. The van der Waals surface area contributed by atoms with Crippen LogP contribution < -0.4 is 0 Å². The van der Waals surface area contributed by atoms with Crippen molar-refractivity contribution in [3.05, 3.63) is 42.6 Å². The standard InChI is InChI=1S/C11H8N4/c1-2-4-8(5-3-1)10-13-9-6-7-12-15-11(9)14-10/h1-7H,(H,13,14,15). The molecule has 0 aliphatic carbocycles. The Kier molecular flexibility index (Phi) is 1.71. The average Bonchev–Trinajstić information content (AvgIpc) is 2.74. The Morgan fingerprint density at radius 3 is 2.67 bits per heavy atom. The van der Waals surface area contributed by atoms with Gasteiger partial charge in [-0.1, -0.05) is 30.3 Å². The number of aromatic amines is 1. The molecule has 0 unspecified atom stereocenters. The van der Waals surface area contributed by atoms with Gasteiger partial charge in [0.05, 0.1) is 11.7 Å². The second-order valence-electron chi connectivity index (χ2n) is 3.22. The summed E-state index contributed by atoms with van der Waals surface area (Å²) >= 11 is 0. The van der Waals surface area contributed by atoms with Gasteiger partial charge in [0.15, 0.2) is 5.65 Å². The van der Waals surface area contributed by atoms with E-state index in [0.29, 0.717) is 5.65 Å². The molecule has 4 heteroatoms. The number of nitrogens with zero attached hydrogens (tertiary/aromatic N) is 3. The number of aromatic nitrogens is 4. The van der Waals surface area contributed by atoms with Gasteiger partial charge < -0.3 is 4.98 Å². The molecule has 0 fully saturated rings. The maximum Gasteiger partial charge on any atom is 0.200 e. The van der Waals surface area contributed by atoms with Crippen LogP contribution in [0, 0.1) is 0 Å². The number of fused-ring (bicyclic) bond motifs is 1. The third kappa shape index (κ3) is 1.36. The lowest BCUT2D eigenvalue weighted by Gasteiger charge is -1.92. The molecule has 0 saturated heterocycles. The van der Waals surface area contributed by atoms with E-state index in [1.807, 2.05) is 36.4 Å². The summed E-state index contributed by atoms with van der Waals surface area (Å²) in [5.41, 5.74) is 2.61. The molecule has 2 aromatic heterocycles. The van der Waals surface area contributed by atoms with Crippen molar-refractivity contribution in [1.29, 1.82) is 0 Å². The van der Waals surface area contributed by atoms with Gasteiger partial charge in [0.2, 0.25) is 0 Å². The van der Waals surface area contributed by atoms with Crippen molar-refractivity contribution in [2.24, 2.45) is 0 Å². The number of H-pyrrole nitrogens is 1. The summed E-state index contributed by atoms with van der Waals surface area (Å²) in [6.45, 7) is 0. The predicted molar refractivity (Wildman–Crippen MR) is 57.1 cm³/mol. The van der Waals surface area contributed by atoms with Crippen LogP contribution in [0.1, 0.15) is 0 Å². The Hall–Kier alpha value is -2.23. The van der Waals surface area contributed by atoms with Gasteiger partial charge in [0.1, 0.15) is 5.82 Å². The van der Waals surface area contributed by atoms with E-state index in [1.165, 1.54) is 0 Å². The maximum absolute atomic E-state index is 4.35. The molecular weight excluding hydrogens is 188 g/mol. The first-order chi connectivity index (χ1) is 7.43. The molecule has 15 heavy (non-hydrogen) atoms. The van der Waals surface area contributed by atoms with Crippen molar-refractivity contribution in [3.8, 4) is 11.4 Å². The zero-order chi connectivity index (χ0) is 10.1. The molecule has 3 rings (SSSR count). The Labute approximate surface area is 86.0 Å². The third-order valence-electron chi connectivity index (χ3n) is 2.22. The van der Waals surface area contributed by atoms with Crippen molar-refractivity contribution in [2.45, 2.75) is 0 Å². The van der Waals surface area contributed by atoms with E-state index in [9.17, 15) is 0 Å². The molecule has 0 spiro atoms. The van der Waals surface area contributed by atoms with Gasteiger partial charge in [0.25, 0.3) is 0 Å². The van der Waals surface area contributed by atoms with E-state index in [4.69, 9.17) is 0 Å². The summed E-state index contributed by atoms with van der Waals surface area (Å²) in [4.78, 5) is 7.55. The van der Waals surface area contributed by atoms with E-state index < -0.39 is 0 Å². The van der Waals surface area contributed by atoms with Crippen LogP contribution in [-0.2, 0) is 0 Å². The fourth-order valence-corrected chi connectivity index (χ4v) is 1.50. The molecule has 0 amide bonds. The zero-order valence-electron chi connectivity index (χ0n) is 7.88. The monoisotopic (exact) mass is 196 g/mol.